The second-order valence-electron chi connectivity index (χ2n) is 14.2. The molecule has 0 spiro atoms. The molecule has 0 aromatic heterocycles. The number of carbonyl (C=O) groups is 2. The number of aliphatic hydroxyl groups excluding tert-OH is 3. The number of nitrogens with zero attached hydrogens (tertiary/aromatic N) is 5. The molecule has 24 nitrogen and oxygen atoms in total. The zero-order valence-electron chi connectivity index (χ0n) is 39.0. The first-order chi connectivity index (χ1) is 31.9. The van der Waals surface area contributed by atoms with E-state index in [2.05, 4.69) is 31.1 Å². The summed E-state index contributed by atoms with van der Waals surface area (Å²) in [5, 5.41) is 78.2. The van der Waals surface area contributed by atoms with Gasteiger partial charge in [0.25, 0.3) is 0 Å². The van der Waals surface area contributed by atoms with E-state index in [1.165, 1.54) is 55.5 Å². The third-order valence-corrected chi connectivity index (χ3v) is 12.0. The van der Waals surface area contributed by atoms with Gasteiger partial charge in [0.15, 0.2) is 11.5 Å². The summed E-state index contributed by atoms with van der Waals surface area (Å²) in [6.45, 7) is 3.14. The van der Waals surface area contributed by atoms with Crippen molar-refractivity contribution in [2.45, 2.75) is 21.6 Å². The number of hydrogen-bond donors (Lipinski definition) is 7. The van der Waals surface area contributed by atoms with E-state index in [1.54, 1.807) is 4.90 Å². The molecule has 0 radical (unpaired) electrons. The number of benzene rings is 6. The Morgan fingerprint density at radius 3 is 1.38 bits per heavy atom. The predicted octanol–water partition coefficient (Wildman–Crippen LogP) is -8.46. The third-order valence-electron chi connectivity index (χ3n) is 9.49. The number of carbonyl (C=O) groups excluding carboxylic acids is 2. The first kappa shape index (κ1) is 67.0. The van der Waals surface area contributed by atoms with Gasteiger partial charge >= 0.3 is 124 Å². The summed E-state index contributed by atoms with van der Waals surface area (Å²) < 4.78 is 107. The summed E-state index contributed by atoms with van der Waals surface area (Å²) >= 11 is 0. The topological polar surface area (TPSA) is 407 Å². The number of fused-ring (bicyclic) bond motifs is 2. The van der Waals surface area contributed by atoms with Crippen LogP contribution < -0.4 is 134 Å². The van der Waals surface area contributed by atoms with E-state index < -0.39 is 79.9 Å². The van der Waals surface area contributed by atoms with Crippen molar-refractivity contribution in [3.8, 4) is 11.5 Å². The molecular formula is C41H37N7Na4O17S3. The largest absolute Gasteiger partial charge is 1.00 e. The van der Waals surface area contributed by atoms with Crippen molar-refractivity contribution in [1.82, 2.24) is 4.90 Å². The number of carboxylic acids is 1. The number of azo groups is 2. The van der Waals surface area contributed by atoms with Gasteiger partial charge < -0.3 is 59.7 Å². The Labute approximate surface area is 500 Å². The molecule has 0 unspecified atom stereocenters. The average Bonchev–Trinajstić information content (AvgIpc) is 3.25. The van der Waals surface area contributed by atoms with Crippen LogP contribution in [-0.2, 0) is 30.4 Å². The Hall–Kier alpha value is -3.05. The monoisotopic (exact) mass is 1090 g/mol. The number of rotatable bonds is 16. The van der Waals surface area contributed by atoms with Gasteiger partial charge in [0.2, 0.25) is 0 Å². The van der Waals surface area contributed by atoms with E-state index in [0.29, 0.717) is 19.6 Å². The fourth-order valence-corrected chi connectivity index (χ4v) is 8.10. The summed E-state index contributed by atoms with van der Waals surface area (Å²) in [6, 6.07) is 16.3. The molecule has 6 aromatic carbocycles. The van der Waals surface area contributed by atoms with Crippen molar-refractivity contribution < 1.29 is 197 Å². The fourth-order valence-electron chi connectivity index (χ4n) is 6.26. The van der Waals surface area contributed by atoms with Gasteiger partial charge in [0.05, 0.1) is 51.9 Å². The van der Waals surface area contributed by atoms with Gasteiger partial charge in [-0.25, -0.2) is 30.0 Å². The predicted molar refractivity (Wildman–Crippen MR) is 236 cm³/mol. The number of aryl methyl sites for hydroxylation is 1. The maximum absolute atomic E-state index is 13.0. The van der Waals surface area contributed by atoms with Crippen LogP contribution in [0.25, 0.3) is 21.5 Å². The number of phenolic OH excluding ortho intramolecular Hbond substituents is 2. The van der Waals surface area contributed by atoms with Gasteiger partial charge in [0.1, 0.15) is 41.7 Å². The summed E-state index contributed by atoms with van der Waals surface area (Å²) in [5.74, 6) is -2.98. The van der Waals surface area contributed by atoms with Crippen molar-refractivity contribution in [3.63, 3.8) is 0 Å². The Morgan fingerprint density at radius 1 is 0.569 bits per heavy atom. The van der Waals surface area contributed by atoms with Crippen LogP contribution in [0.15, 0.2) is 126 Å². The van der Waals surface area contributed by atoms with Crippen LogP contribution in [0.2, 0.25) is 0 Å². The van der Waals surface area contributed by atoms with Gasteiger partial charge in [-0.2, -0.15) is 10.2 Å². The summed E-state index contributed by atoms with van der Waals surface area (Å²) in [5.41, 5.74) is -1.36. The van der Waals surface area contributed by atoms with Crippen molar-refractivity contribution in [3.05, 3.63) is 102 Å². The van der Waals surface area contributed by atoms with E-state index in [1.807, 2.05) is 0 Å². The molecule has 0 aliphatic heterocycles. The normalized spacial score (nSPS) is 11.5. The molecule has 72 heavy (non-hydrogen) atoms. The van der Waals surface area contributed by atoms with Gasteiger partial charge in [0, 0.05) is 41.8 Å². The number of aromatic carboxylic acids is 1. The van der Waals surface area contributed by atoms with Crippen molar-refractivity contribution in [2.24, 2.45) is 20.5 Å². The molecule has 0 aliphatic rings. The molecule has 6 rings (SSSR count). The molecular weight excluding hydrogens is 1050 g/mol. The number of phenols is 2. The number of amides is 2. The first-order valence-electron chi connectivity index (χ1n) is 19.3. The number of anilines is 2. The summed E-state index contributed by atoms with van der Waals surface area (Å²) in [4.78, 5) is 23.3. The van der Waals surface area contributed by atoms with Crippen LogP contribution in [0.3, 0.4) is 0 Å². The van der Waals surface area contributed by atoms with Gasteiger partial charge in [-0.05, 0) is 108 Å². The van der Waals surface area contributed by atoms with Crippen LogP contribution in [0.1, 0.15) is 15.9 Å². The number of aliphatic hydroxyl groups is 3. The molecule has 0 saturated heterocycles. The Bertz CT molecular complexity index is 3310. The van der Waals surface area contributed by atoms with Crippen LogP contribution >= 0.6 is 0 Å². The maximum atomic E-state index is 13.0. The number of carboxylic acid groups (broad SMARTS) is 1. The molecule has 0 atom stereocenters. The van der Waals surface area contributed by atoms with Crippen molar-refractivity contribution in [2.75, 3.05) is 50.1 Å². The number of urea groups is 1. The van der Waals surface area contributed by atoms with Crippen LogP contribution in [0.5, 0.6) is 11.5 Å². The Balaban J connectivity index is 0.00000167. The zero-order valence-corrected chi connectivity index (χ0v) is 49.4. The maximum Gasteiger partial charge on any atom is 1.00 e. The molecule has 0 saturated carbocycles. The molecule has 7 N–H and O–H groups in total. The number of aromatic hydroxyl groups is 2. The van der Waals surface area contributed by atoms with Gasteiger partial charge in [-0.3, -0.25) is 4.90 Å². The van der Waals surface area contributed by atoms with E-state index >= 15 is 0 Å². The van der Waals surface area contributed by atoms with Crippen molar-refractivity contribution in [1.29, 1.82) is 0 Å². The van der Waals surface area contributed by atoms with Gasteiger partial charge in [-0.15, -0.1) is 10.2 Å². The minimum atomic E-state index is -5.31. The van der Waals surface area contributed by atoms with E-state index in [-0.39, 0.29) is 193 Å². The quantitative estimate of drug-likeness (QED) is 0.0269. The second-order valence-corrected chi connectivity index (χ2v) is 18.2. The van der Waals surface area contributed by atoms with E-state index in [9.17, 15) is 63.8 Å². The third kappa shape index (κ3) is 18.1. The number of hydrogen-bond acceptors (Lipinski definition) is 22. The number of nitrogens with one attached hydrogen (secondary N) is 2. The molecule has 0 bridgehead atoms. The first-order valence-corrected chi connectivity index (χ1v) is 23.5. The standard InChI is InChI=1S/C35H26N6O14S3.C6H15NO3.4Na/c1-17-12-24(56(47,48)49)8-11-27(17)39-41-31-29(58(53,54)55)16-20-14-23(7-10-26(20)33(31)43)37-35(46)36-22-6-9-25-19(13-22)15-28(57(50,51)52)30(32(25)42)40-38-21-4-2-18(3-5-21)34(44)45;8-4-1-7(2-5-9)3-6-10;;;;/h2-16,42-43H,1H3,(H,44,45)(H2,36,37,46)(H,47,48,49)(H,50,51,52)(H,53,54,55);8-10H,1-6H2;;;;/q;;4*+1/p-4. The molecule has 0 heterocycles. The molecule has 2 amide bonds. The van der Waals surface area contributed by atoms with Gasteiger partial charge in [-0.1, -0.05) is 12.1 Å². The fraction of sp³-hybridized carbons (Fsp3) is 0.171. The molecule has 0 aliphatic carbocycles. The van der Waals surface area contributed by atoms with Crippen LogP contribution in [0.4, 0.5) is 38.9 Å². The molecule has 31 heteroatoms. The van der Waals surface area contributed by atoms with Crippen molar-refractivity contribution >= 4 is 98.0 Å². The smallest absolute Gasteiger partial charge is 0.744 e. The van der Waals surface area contributed by atoms with Crippen LogP contribution in [0, 0.1) is 6.92 Å². The van der Waals surface area contributed by atoms with E-state index in [0.717, 1.165) is 42.5 Å². The summed E-state index contributed by atoms with van der Waals surface area (Å²) in [7, 11) is -15.4. The molecule has 360 valence electrons. The SMILES string of the molecule is Cc1cc(S(=O)(=O)[O-])ccc1N=Nc1c(S(=O)(=O)[O-])cc2cc(NC(=O)Nc3ccc4c(O)c(N=Nc5ccc(C(=O)[O-])cc5)c(S(=O)(=O)[O-])cc4c3)ccc2c1O.OCCN(CCO)CCO.[Na+].[Na+].[Na+].[Na+]. The zero-order chi connectivity index (χ0) is 50.1. The Kier molecular flexibility index (Phi) is 27.3. The van der Waals surface area contributed by atoms with E-state index in [4.69, 9.17) is 15.3 Å². The minimum absolute atomic E-state index is 0. The summed E-state index contributed by atoms with van der Waals surface area (Å²) in [6.07, 6.45) is 0. The Morgan fingerprint density at radius 2 is 1.00 bits per heavy atom. The van der Waals surface area contributed by atoms with Crippen LogP contribution in [-0.4, -0.2) is 121 Å². The minimum Gasteiger partial charge on any atom is -0.744 e. The average molecular weight is 1090 g/mol. The molecule has 6 aromatic rings. The second kappa shape index (κ2) is 29.3. The molecule has 0 fully saturated rings.